The molecule has 0 aromatic heterocycles. The molecular weight excluding hydrogens is 230 g/mol. The van der Waals surface area contributed by atoms with Gasteiger partial charge in [-0.15, -0.1) is 0 Å². The van der Waals surface area contributed by atoms with Crippen LogP contribution in [0.2, 0.25) is 0 Å². The minimum Gasteiger partial charge on any atom is -0.550 e. The molecule has 2 aliphatic carbocycles. The van der Waals surface area contributed by atoms with Gasteiger partial charge in [0.2, 0.25) is 5.91 Å². The number of allylic oxidation sites excluding steroid dienone is 2. The van der Waals surface area contributed by atoms with E-state index in [0.29, 0.717) is 0 Å². The topological polar surface area (TPSA) is 60.4 Å². The summed E-state index contributed by atoms with van der Waals surface area (Å²) >= 11 is 0. The van der Waals surface area contributed by atoms with Crippen LogP contribution in [0.3, 0.4) is 0 Å². The monoisotopic (exact) mass is 248 g/mol. The molecule has 4 heteroatoms. The molecule has 2 bridgehead atoms. The second-order valence-corrected chi connectivity index (χ2v) is 5.70. The van der Waals surface area contributed by atoms with E-state index in [9.17, 15) is 14.7 Å². The third-order valence-corrected chi connectivity index (χ3v) is 4.68. The predicted molar refractivity (Wildman–Crippen MR) is 63.2 cm³/mol. The Balaban J connectivity index is 1.79. The Kier molecular flexibility index (Phi) is 2.88. The number of carbonyl (C=O) groups excluding carboxylic acids is 2. The molecule has 3 rings (SSSR count). The third-order valence-electron chi connectivity index (χ3n) is 4.68. The molecule has 1 heterocycles. The summed E-state index contributed by atoms with van der Waals surface area (Å²) in [6.07, 6.45) is 8.03. The van der Waals surface area contributed by atoms with E-state index < -0.39 is 11.9 Å². The average Bonchev–Trinajstić information content (AvgIpc) is 2.99. The molecule has 1 saturated carbocycles. The summed E-state index contributed by atoms with van der Waals surface area (Å²) in [5.41, 5.74) is 0. The first-order valence-corrected chi connectivity index (χ1v) is 6.86. The molecule has 0 spiro atoms. The molecule has 0 N–H and O–H groups in total. The van der Waals surface area contributed by atoms with E-state index >= 15 is 0 Å². The zero-order valence-corrected chi connectivity index (χ0v) is 10.4. The van der Waals surface area contributed by atoms with Crippen molar-refractivity contribution in [2.75, 3.05) is 13.1 Å². The normalized spacial score (nSPS) is 38.1. The molecule has 4 nitrogen and oxygen atoms in total. The highest BCUT2D eigenvalue weighted by Gasteiger charge is 2.49. The van der Waals surface area contributed by atoms with Gasteiger partial charge in [0.25, 0.3) is 0 Å². The van der Waals surface area contributed by atoms with E-state index in [-0.39, 0.29) is 23.7 Å². The molecule has 98 valence electrons. The lowest BCUT2D eigenvalue weighted by atomic mass is 9.82. The fourth-order valence-electron chi connectivity index (χ4n) is 3.81. The van der Waals surface area contributed by atoms with Gasteiger partial charge < -0.3 is 14.8 Å². The van der Waals surface area contributed by atoms with Crippen LogP contribution in [0.1, 0.15) is 25.7 Å². The first-order valence-electron chi connectivity index (χ1n) is 6.86. The quantitative estimate of drug-likeness (QED) is 0.655. The highest BCUT2D eigenvalue weighted by Crippen LogP contribution is 2.48. The minimum atomic E-state index is -1.05. The molecule has 1 aliphatic heterocycles. The Bertz CT molecular complexity index is 398. The van der Waals surface area contributed by atoms with Gasteiger partial charge in [-0.1, -0.05) is 12.2 Å². The number of hydrogen-bond acceptors (Lipinski definition) is 3. The summed E-state index contributed by atoms with van der Waals surface area (Å²) < 4.78 is 0. The lowest BCUT2D eigenvalue weighted by molar-refractivity contribution is -0.313. The van der Waals surface area contributed by atoms with Gasteiger partial charge >= 0.3 is 0 Å². The lowest BCUT2D eigenvalue weighted by Crippen LogP contribution is -2.47. The standard InChI is InChI=1S/C14H19NO3/c16-13(15-6-2-1-3-7-15)11-9-4-5-10(8-9)12(11)14(17)18/h4-5,9-12H,1-3,6-8H2,(H,17,18)/p-1/t9-,10+,11+,12+/m1/s1. The van der Waals surface area contributed by atoms with E-state index in [1.165, 1.54) is 6.42 Å². The molecule has 2 fully saturated rings. The number of aliphatic carboxylic acids is 1. The Morgan fingerprint density at radius 1 is 1.00 bits per heavy atom. The van der Waals surface area contributed by atoms with Crippen molar-refractivity contribution in [1.82, 2.24) is 4.90 Å². The molecule has 0 radical (unpaired) electrons. The van der Waals surface area contributed by atoms with Gasteiger partial charge in [-0.25, -0.2) is 0 Å². The van der Waals surface area contributed by atoms with Gasteiger partial charge in [0.05, 0.1) is 5.92 Å². The van der Waals surface area contributed by atoms with E-state index in [1.54, 1.807) is 0 Å². The first kappa shape index (κ1) is 11.8. The fourth-order valence-corrected chi connectivity index (χ4v) is 3.81. The van der Waals surface area contributed by atoms with E-state index in [0.717, 1.165) is 32.4 Å². The summed E-state index contributed by atoms with van der Waals surface area (Å²) in [4.78, 5) is 25.6. The van der Waals surface area contributed by atoms with Crippen molar-refractivity contribution in [2.24, 2.45) is 23.7 Å². The van der Waals surface area contributed by atoms with Gasteiger partial charge in [0, 0.05) is 25.0 Å². The largest absolute Gasteiger partial charge is 0.550 e. The number of carbonyl (C=O) groups is 2. The van der Waals surface area contributed by atoms with Crippen molar-refractivity contribution in [3.8, 4) is 0 Å². The number of hydrogen-bond donors (Lipinski definition) is 0. The van der Waals surface area contributed by atoms with Crippen molar-refractivity contribution in [1.29, 1.82) is 0 Å². The molecule has 4 atom stereocenters. The van der Waals surface area contributed by atoms with Crippen LogP contribution in [0.4, 0.5) is 0 Å². The summed E-state index contributed by atoms with van der Waals surface area (Å²) in [6, 6.07) is 0. The Morgan fingerprint density at radius 3 is 2.22 bits per heavy atom. The Labute approximate surface area is 107 Å². The van der Waals surface area contributed by atoms with Gasteiger partial charge in [-0.3, -0.25) is 4.79 Å². The fraction of sp³-hybridized carbons (Fsp3) is 0.714. The molecule has 3 aliphatic rings. The predicted octanol–water partition coefficient (Wildman–Crippen LogP) is 0.187. The summed E-state index contributed by atoms with van der Waals surface area (Å²) in [5.74, 6) is -1.86. The number of nitrogens with zero attached hydrogens (tertiary/aromatic N) is 1. The molecule has 0 aromatic carbocycles. The summed E-state index contributed by atoms with van der Waals surface area (Å²) in [6.45, 7) is 1.58. The first-order chi connectivity index (χ1) is 8.68. The maximum Gasteiger partial charge on any atom is 0.226 e. The van der Waals surface area contributed by atoms with Crippen LogP contribution in [0.15, 0.2) is 12.2 Å². The number of fused-ring (bicyclic) bond motifs is 2. The van der Waals surface area contributed by atoms with Crippen LogP contribution in [0.25, 0.3) is 0 Å². The summed E-state index contributed by atoms with van der Waals surface area (Å²) in [5, 5.41) is 11.3. The van der Waals surface area contributed by atoms with Crippen LogP contribution >= 0.6 is 0 Å². The van der Waals surface area contributed by atoms with Crippen LogP contribution in [-0.4, -0.2) is 29.9 Å². The average molecular weight is 248 g/mol. The van der Waals surface area contributed by atoms with E-state index in [2.05, 4.69) is 0 Å². The Morgan fingerprint density at radius 2 is 1.61 bits per heavy atom. The lowest BCUT2D eigenvalue weighted by Gasteiger charge is -2.34. The zero-order chi connectivity index (χ0) is 12.7. The van der Waals surface area contributed by atoms with Crippen molar-refractivity contribution in [2.45, 2.75) is 25.7 Å². The van der Waals surface area contributed by atoms with Crippen LogP contribution < -0.4 is 5.11 Å². The number of amides is 1. The van der Waals surface area contributed by atoms with Gasteiger partial charge in [0.1, 0.15) is 0 Å². The van der Waals surface area contributed by atoms with Gasteiger partial charge in [-0.05, 0) is 37.5 Å². The highest BCUT2D eigenvalue weighted by atomic mass is 16.4. The van der Waals surface area contributed by atoms with Crippen LogP contribution in [-0.2, 0) is 9.59 Å². The van der Waals surface area contributed by atoms with Crippen molar-refractivity contribution in [3.63, 3.8) is 0 Å². The van der Waals surface area contributed by atoms with E-state index in [4.69, 9.17) is 0 Å². The van der Waals surface area contributed by atoms with Gasteiger partial charge in [-0.2, -0.15) is 0 Å². The molecule has 1 saturated heterocycles. The van der Waals surface area contributed by atoms with Gasteiger partial charge in [0.15, 0.2) is 0 Å². The van der Waals surface area contributed by atoms with Crippen molar-refractivity contribution < 1.29 is 14.7 Å². The molecule has 1 amide bonds. The number of carboxylic acid groups (broad SMARTS) is 1. The minimum absolute atomic E-state index is 0.0127. The zero-order valence-electron chi connectivity index (χ0n) is 10.4. The number of piperidine rings is 1. The molecule has 18 heavy (non-hydrogen) atoms. The highest BCUT2D eigenvalue weighted by molar-refractivity contribution is 5.86. The number of rotatable bonds is 2. The smallest absolute Gasteiger partial charge is 0.226 e. The Hall–Kier alpha value is -1.32. The number of carboxylic acids is 1. The molecule has 0 unspecified atom stereocenters. The maximum atomic E-state index is 12.5. The van der Waals surface area contributed by atoms with E-state index in [1.807, 2.05) is 17.1 Å². The van der Waals surface area contributed by atoms with Crippen molar-refractivity contribution >= 4 is 11.9 Å². The second kappa shape index (κ2) is 4.41. The van der Waals surface area contributed by atoms with Crippen LogP contribution in [0.5, 0.6) is 0 Å². The SMILES string of the molecule is O=C([O-])[C@@H]1[C@@H](C(=O)N2CCCCC2)[C@@H]2C=C[C@H]1C2. The van der Waals surface area contributed by atoms with Crippen LogP contribution in [0, 0.1) is 23.7 Å². The maximum absolute atomic E-state index is 12.5. The number of likely N-dealkylation sites (tertiary alicyclic amines) is 1. The van der Waals surface area contributed by atoms with Crippen molar-refractivity contribution in [3.05, 3.63) is 12.2 Å². The second-order valence-electron chi connectivity index (χ2n) is 5.70. The third kappa shape index (κ3) is 1.74. The summed E-state index contributed by atoms with van der Waals surface area (Å²) in [7, 11) is 0. The molecular formula is C14H18NO3-. The molecule has 0 aromatic rings.